The fourth-order valence-corrected chi connectivity index (χ4v) is 3.52. The lowest BCUT2D eigenvalue weighted by molar-refractivity contribution is -0.128. The summed E-state index contributed by atoms with van der Waals surface area (Å²) < 4.78 is 0. The van der Waals surface area contributed by atoms with Gasteiger partial charge in [-0.1, -0.05) is 0 Å². The van der Waals surface area contributed by atoms with Crippen LogP contribution in [0.25, 0.3) is 0 Å². The zero-order valence-corrected chi connectivity index (χ0v) is 19.9. The summed E-state index contributed by atoms with van der Waals surface area (Å²) in [7, 11) is 2.15. The number of carbonyl (C=O) groups excluding carboxylic acids is 1. The molecule has 2 saturated heterocycles. The van der Waals surface area contributed by atoms with Crippen molar-refractivity contribution in [1.82, 2.24) is 25.4 Å². The molecule has 0 aliphatic carbocycles. The molecule has 0 radical (unpaired) electrons. The van der Waals surface area contributed by atoms with Gasteiger partial charge in [-0.05, 0) is 44.5 Å². The molecule has 3 heterocycles. The van der Waals surface area contributed by atoms with Gasteiger partial charge in [-0.2, -0.15) is 0 Å². The van der Waals surface area contributed by atoms with Crippen LogP contribution in [-0.2, 0) is 11.3 Å². The molecule has 9 heteroatoms. The van der Waals surface area contributed by atoms with E-state index in [1.165, 1.54) is 0 Å². The Hall–Kier alpha value is -1.62. The molecule has 0 atom stereocenters. The number of nitrogens with zero attached hydrogens (tertiary/aromatic N) is 5. The van der Waals surface area contributed by atoms with Crippen molar-refractivity contribution in [2.24, 2.45) is 4.99 Å². The van der Waals surface area contributed by atoms with E-state index in [2.05, 4.69) is 43.5 Å². The first-order valence-corrected chi connectivity index (χ1v) is 10.3. The number of guanidine groups is 1. The Morgan fingerprint density at radius 1 is 1.14 bits per heavy atom. The number of halogens is 1. The highest BCUT2D eigenvalue weighted by atomic mass is 127. The van der Waals surface area contributed by atoms with E-state index in [9.17, 15) is 4.79 Å². The first-order valence-electron chi connectivity index (χ1n) is 10.3. The average molecular weight is 515 g/mol. The Balaban J connectivity index is 0.00000300. The van der Waals surface area contributed by atoms with Crippen LogP contribution in [-0.4, -0.2) is 86.1 Å². The number of hydrogen-bond donors (Lipinski definition) is 2. The summed E-state index contributed by atoms with van der Waals surface area (Å²) in [6.07, 6.45) is 4.07. The van der Waals surface area contributed by atoms with Gasteiger partial charge < -0.3 is 25.3 Å². The average Bonchev–Trinajstić information content (AvgIpc) is 3.26. The Kier molecular flexibility index (Phi) is 9.92. The summed E-state index contributed by atoms with van der Waals surface area (Å²) in [5.41, 5.74) is 1.12. The van der Waals surface area contributed by atoms with E-state index in [1.807, 2.05) is 24.1 Å². The molecule has 3 rings (SSSR count). The number of amides is 1. The Bertz CT molecular complexity index is 671. The maximum atomic E-state index is 12.2. The van der Waals surface area contributed by atoms with Crippen molar-refractivity contribution in [3.8, 4) is 0 Å². The molecular formula is C20H34IN7O. The van der Waals surface area contributed by atoms with Gasteiger partial charge in [0.05, 0.1) is 13.1 Å². The third-order valence-corrected chi connectivity index (χ3v) is 5.27. The van der Waals surface area contributed by atoms with Gasteiger partial charge in [0.25, 0.3) is 0 Å². The van der Waals surface area contributed by atoms with Crippen molar-refractivity contribution < 1.29 is 4.79 Å². The number of likely N-dealkylation sites (N-methyl/N-ethyl adjacent to an activating group) is 1. The highest BCUT2D eigenvalue weighted by Gasteiger charge is 2.18. The van der Waals surface area contributed by atoms with Gasteiger partial charge in [0, 0.05) is 52.0 Å². The summed E-state index contributed by atoms with van der Waals surface area (Å²) in [5.74, 6) is 1.83. The minimum atomic E-state index is 0. The normalized spacial score (nSPS) is 17.8. The van der Waals surface area contributed by atoms with Crippen LogP contribution in [0.15, 0.2) is 23.3 Å². The highest BCUT2D eigenvalue weighted by molar-refractivity contribution is 14.0. The van der Waals surface area contributed by atoms with Crippen LogP contribution in [0.1, 0.15) is 25.3 Å². The summed E-state index contributed by atoms with van der Waals surface area (Å²) in [6.45, 7) is 9.49. The summed E-state index contributed by atoms with van der Waals surface area (Å²) in [6, 6.07) is 4.12. The number of hydrogen-bond acceptors (Lipinski definition) is 5. The smallest absolute Gasteiger partial charge is 0.241 e. The third-order valence-electron chi connectivity index (χ3n) is 5.27. The number of pyridine rings is 1. The van der Waals surface area contributed by atoms with Crippen LogP contribution < -0.4 is 15.5 Å². The quantitative estimate of drug-likeness (QED) is 0.336. The lowest BCUT2D eigenvalue weighted by Crippen LogP contribution is -2.44. The molecule has 29 heavy (non-hydrogen) atoms. The molecule has 0 unspecified atom stereocenters. The number of aromatic nitrogens is 1. The fourth-order valence-electron chi connectivity index (χ4n) is 3.52. The summed E-state index contributed by atoms with van der Waals surface area (Å²) in [5, 5.41) is 6.38. The van der Waals surface area contributed by atoms with E-state index in [1.54, 1.807) is 0 Å². The number of aliphatic imine (C=N–C) groups is 1. The largest absolute Gasteiger partial charge is 0.357 e. The highest BCUT2D eigenvalue weighted by Crippen LogP contribution is 2.15. The molecule has 0 saturated carbocycles. The molecule has 0 bridgehead atoms. The molecule has 1 amide bonds. The summed E-state index contributed by atoms with van der Waals surface area (Å²) in [4.78, 5) is 28.0. The van der Waals surface area contributed by atoms with Gasteiger partial charge in [0.15, 0.2) is 5.96 Å². The zero-order valence-electron chi connectivity index (χ0n) is 17.6. The van der Waals surface area contributed by atoms with Crippen LogP contribution in [0.2, 0.25) is 0 Å². The Labute approximate surface area is 191 Å². The van der Waals surface area contributed by atoms with Gasteiger partial charge in [-0.15, -0.1) is 24.0 Å². The van der Waals surface area contributed by atoms with Crippen molar-refractivity contribution in [2.45, 2.75) is 26.3 Å². The maximum absolute atomic E-state index is 12.2. The zero-order chi connectivity index (χ0) is 19.8. The second-order valence-electron chi connectivity index (χ2n) is 7.45. The number of anilines is 1. The minimum absolute atomic E-state index is 0. The first kappa shape index (κ1) is 23.7. The molecule has 2 fully saturated rings. The second kappa shape index (κ2) is 12.2. The SMILES string of the molecule is CCNC(=NCc1ccnc(N2CCN(C)CC2)c1)NCC(=O)N1CCCC1.I. The van der Waals surface area contributed by atoms with Crippen LogP contribution in [0.4, 0.5) is 5.82 Å². The monoisotopic (exact) mass is 515 g/mol. The number of nitrogens with one attached hydrogen (secondary N) is 2. The molecule has 1 aromatic heterocycles. The van der Waals surface area contributed by atoms with Crippen LogP contribution in [0.3, 0.4) is 0 Å². The van der Waals surface area contributed by atoms with Crippen LogP contribution in [0, 0.1) is 0 Å². The standard InChI is InChI=1S/C20H33N7O.HI/c1-3-21-20(24-16-19(28)27-8-4-5-9-27)23-15-17-6-7-22-18(14-17)26-12-10-25(2)11-13-26;/h6-7,14H,3-5,8-13,15-16H2,1-2H3,(H2,21,23,24);1H. The van der Waals surface area contributed by atoms with Crippen molar-refractivity contribution >= 4 is 41.7 Å². The van der Waals surface area contributed by atoms with E-state index >= 15 is 0 Å². The Morgan fingerprint density at radius 2 is 1.86 bits per heavy atom. The van der Waals surface area contributed by atoms with E-state index in [4.69, 9.17) is 0 Å². The predicted molar refractivity (Wildman–Crippen MR) is 128 cm³/mol. The fraction of sp³-hybridized carbons (Fsp3) is 0.650. The van der Waals surface area contributed by atoms with Crippen molar-refractivity contribution in [3.63, 3.8) is 0 Å². The van der Waals surface area contributed by atoms with Crippen LogP contribution >= 0.6 is 24.0 Å². The first-order chi connectivity index (χ1) is 13.7. The molecule has 1 aromatic rings. The van der Waals surface area contributed by atoms with Gasteiger partial charge in [0.1, 0.15) is 5.82 Å². The van der Waals surface area contributed by atoms with E-state index < -0.39 is 0 Å². The molecule has 0 aromatic carbocycles. The second-order valence-corrected chi connectivity index (χ2v) is 7.45. The third kappa shape index (κ3) is 7.29. The molecule has 2 N–H and O–H groups in total. The van der Waals surface area contributed by atoms with Crippen molar-refractivity contribution in [2.75, 3.05) is 64.3 Å². The molecule has 2 aliphatic rings. The van der Waals surface area contributed by atoms with Gasteiger partial charge in [-0.3, -0.25) is 4.79 Å². The number of carbonyl (C=O) groups is 1. The lowest BCUT2D eigenvalue weighted by Gasteiger charge is -2.33. The van der Waals surface area contributed by atoms with Gasteiger partial charge >= 0.3 is 0 Å². The number of likely N-dealkylation sites (tertiary alicyclic amines) is 1. The van der Waals surface area contributed by atoms with E-state index in [0.717, 1.165) is 70.0 Å². The van der Waals surface area contributed by atoms with Crippen LogP contribution in [0.5, 0.6) is 0 Å². The molecule has 0 spiro atoms. The van der Waals surface area contributed by atoms with Crippen molar-refractivity contribution in [1.29, 1.82) is 0 Å². The van der Waals surface area contributed by atoms with Gasteiger partial charge in [-0.25, -0.2) is 9.98 Å². The molecule has 8 nitrogen and oxygen atoms in total. The number of piperazine rings is 1. The topological polar surface area (TPSA) is 76.1 Å². The Morgan fingerprint density at radius 3 is 2.55 bits per heavy atom. The van der Waals surface area contributed by atoms with Crippen molar-refractivity contribution in [3.05, 3.63) is 23.9 Å². The van der Waals surface area contributed by atoms with E-state index in [-0.39, 0.29) is 36.4 Å². The predicted octanol–water partition coefficient (Wildman–Crippen LogP) is 1.13. The minimum Gasteiger partial charge on any atom is -0.357 e. The van der Waals surface area contributed by atoms with Gasteiger partial charge in [0.2, 0.25) is 5.91 Å². The number of rotatable bonds is 6. The lowest BCUT2D eigenvalue weighted by atomic mass is 10.2. The van der Waals surface area contributed by atoms with E-state index in [0.29, 0.717) is 12.5 Å². The maximum Gasteiger partial charge on any atom is 0.241 e. The molecule has 2 aliphatic heterocycles. The molecule has 162 valence electrons. The molecular weight excluding hydrogens is 481 g/mol. The summed E-state index contributed by atoms with van der Waals surface area (Å²) >= 11 is 0.